The minimum Gasteiger partial charge on any atom is -0.472 e. The van der Waals surface area contributed by atoms with Crippen LogP contribution in [0.5, 0.6) is 5.88 Å². The standard InChI is InChI=1S/C25H25ClN2O2/c26-20-10-8-19(9-11-20)25(14-3-4-15-25)24(29)28-16-13-21(17-28)30-23-12-7-18-5-1-2-6-22(18)27-23/h1-2,5-12,21H,3-4,13-17H2. The van der Waals surface area contributed by atoms with Gasteiger partial charge in [0.25, 0.3) is 0 Å². The number of ether oxygens (including phenoxy) is 1. The van der Waals surface area contributed by atoms with E-state index in [0.717, 1.165) is 55.1 Å². The molecule has 1 atom stereocenters. The molecule has 2 aromatic carbocycles. The van der Waals surface area contributed by atoms with Crippen molar-refractivity contribution in [3.8, 4) is 5.88 Å². The SMILES string of the molecule is O=C(N1CCC(Oc2ccc3ccccc3n2)C1)C1(c2ccc(Cl)cc2)CCCC1. The third-order valence-electron chi connectivity index (χ3n) is 6.56. The highest BCUT2D eigenvalue weighted by molar-refractivity contribution is 6.30. The lowest BCUT2D eigenvalue weighted by atomic mass is 9.77. The Morgan fingerprint density at radius 3 is 2.60 bits per heavy atom. The number of para-hydroxylation sites is 1. The molecule has 1 unspecified atom stereocenters. The lowest BCUT2D eigenvalue weighted by Gasteiger charge is -2.33. The third kappa shape index (κ3) is 3.54. The molecular formula is C25H25ClN2O2. The zero-order chi connectivity index (χ0) is 20.6. The second-order valence-electron chi connectivity index (χ2n) is 8.42. The first-order valence-electron chi connectivity index (χ1n) is 10.7. The molecule has 2 aliphatic rings. The summed E-state index contributed by atoms with van der Waals surface area (Å²) in [5.74, 6) is 0.862. The Hall–Kier alpha value is -2.59. The first kappa shape index (κ1) is 19.4. The summed E-state index contributed by atoms with van der Waals surface area (Å²) in [5, 5.41) is 1.80. The molecule has 1 aromatic heterocycles. The van der Waals surface area contributed by atoms with E-state index in [9.17, 15) is 4.79 Å². The molecule has 154 valence electrons. The zero-order valence-electron chi connectivity index (χ0n) is 16.9. The number of carbonyl (C=O) groups excluding carboxylic acids is 1. The number of halogens is 1. The second kappa shape index (κ2) is 7.92. The molecule has 3 aromatic rings. The molecular weight excluding hydrogens is 396 g/mol. The molecule has 1 aliphatic carbocycles. The van der Waals surface area contributed by atoms with Gasteiger partial charge in [-0.1, -0.05) is 54.8 Å². The van der Waals surface area contributed by atoms with Crippen molar-refractivity contribution < 1.29 is 9.53 Å². The smallest absolute Gasteiger partial charge is 0.233 e. The van der Waals surface area contributed by atoms with Gasteiger partial charge < -0.3 is 9.64 Å². The fourth-order valence-corrected chi connectivity index (χ4v) is 5.09. The first-order valence-corrected chi connectivity index (χ1v) is 11.1. The topological polar surface area (TPSA) is 42.4 Å². The van der Waals surface area contributed by atoms with E-state index in [0.29, 0.717) is 17.4 Å². The van der Waals surface area contributed by atoms with Gasteiger partial charge in [-0.05, 0) is 42.7 Å². The molecule has 4 nitrogen and oxygen atoms in total. The lowest BCUT2D eigenvalue weighted by molar-refractivity contribution is -0.136. The summed E-state index contributed by atoms with van der Waals surface area (Å²) < 4.78 is 6.16. The summed E-state index contributed by atoms with van der Waals surface area (Å²) in [4.78, 5) is 20.3. The molecule has 2 fully saturated rings. The Kier molecular flexibility index (Phi) is 5.11. The van der Waals surface area contributed by atoms with Crippen LogP contribution in [-0.4, -0.2) is 35.0 Å². The number of amides is 1. The fraction of sp³-hybridized carbons (Fsp3) is 0.360. The molecule has 2 heterocycles. The summed E-state index contributed by atoms with van der Waals surface area (Å²) in [6.45, 7) is 1.34. The molecule has 0 spiro atoms. The van der Waals surface area contributed by atoms with Crippen molar-refractivity contribution in [2.75, 3.05) is 13.1 Å². The number of hydrogen-bond acceptors (Lipinski definition) is 3. The minimum absolute atomic E-state index is 0.0220. The summed E-state index contributed by atoms with van der Waals surface area (Å²) in [6, 6.07) is 19.8. The first-order chi connectivity index (χ1) is 14.6. The molecule has 30 heavy (non-hydrogen) atoms. The number of rotatable bonds is 4. The van der Waals surface area contributed by atoms with Crippen molar-refractivity contribution in [3.63, 3.8) is 0 Å². The average molecular weight is 421 g/mol. The Morgan fingerprint density at radius 1 is 1.03 bits per heavy atom. The number of likely N-dealkylation sites (tertiary alicyclic amines) is 1. The molecule has 1 amide bonds. The van der Waals surface area contributed by atoms with Crippen LogP contribution >= 0.6 is 11.6 Å². The summed E-state index contributed by atoms with van der Waals surface area (Å²) in [6.07, 6.45) is 4.79. The van der Waals surface area contributed by atoms with E-state index in [-0.39, 0.29) is 12.0 Å². The zero-order valence-corrected chi connectivity index (χ0v) is 17.6. The average Bonchev–Trinajstić information content (AvgIpc) is 3.44. The van der Waals surface area contributed by atoms with Crippen molar-refractivity contribution in [1.29, 1.82) is 0 Å². The van der Waals surface area contributed by atoms with E-state index in [1.165, 1.54) is 0 Å². The van der Waals surface area contributed by atoms with Crippen LogP contribution in [0, 0.1) is 0 Å². The Morgan fingerprint density at radius 2 is 1.80 bits per heavy atom. The van der Waals surface area contributed by atoms with Gasteiger partial charge in [-0.2, -0.15) is 0 Å². The predicted molar refractivity (Wildman–Crippen MR) is 119 cm³/mol. The van der Waals surface area contributed by atoms with Crippen LogP contribution in [0.15, 0.2) is 60.7 Å². The molecule has 5 heteroatoms. The lowest BCUT2D eigenvalue weighted by Crippen LogP contribution is -2.45. The van der Waals surface area contributed by atoms with Gasteiger partial charge in [0.1, 0.15) is 6.10 Å². The normalized spacial score (nSPS) is 20.6. The molecule has 1 aliphatic heterocycles. The maximum atomic E-state index is 13.6. The van der Waals surface area contributed by atoms with E-state index >= 15 is 0 Å². The molecule has 1 saturated heterocycles. The van der Waals surface area contributed by atoms with Crippen LogP contribution in [-0.2, 0) is 10.2 Å². The summed E-state index contributed by atoms with van der Waals surface area (Å²) >= 11 is 6.09. The highest BCUT2D eigenvalue weighted by Gasteiger charge is 2.46. The van der Waals surface area contributed by atoms with Gasteiger partial charge in [-0.3, -0.25) is 4.79 Å². The van der Waals surface area contributed by atoms with Crippen LogP contribution in [0.4, 0.5) is 0 Å². The molecule has 1 saturated carbocycles. The number of fused-ring (bicyclic) bond motifs is 1. The van der Waals surface area contributed by atoms with Crippen molar-refractivity contribution in [1.82, 2.24) is 9.88 Å². The number of nitrogens with zero attached hydrogens (tertiary/aromatic N) is 2. The number of aromatic nitrogens is 1. The van der Waals surface area contributed by atoms with Crippen LogP contribution in [0.2, 0.25) is 5.02 Å². The largest absolute Gasteiger partial charge is 0.472 e. The van der Waals surface area contributed by atoms with Crippen molar-refractivity contribution in [2.24, 2.45) is 0 Å². The van der Waals surface area contributed by atoms with Gasteiger partial charge in [-0.15, -0.1) is 0 Å². The van der Waals surface area contributed by atoms with E-state index in [2.05, 4.69) is 4.98 Å². The van der Waals surface area contributed by atoms with Gasteiger partial charge in [0.2, 0.25) is 11.8 Å². The van der Waals surface area contributed by atoms with Gasteiger partial charge >= 0.3 is 0 Å². The maximum absolute atomic E-state index is 13.6. The van der Waals surface area contributed by atoms with E-state index < -0.39 is 5.41 Å². The maximum Gasteiger partial charge on any atom is 0.233 e. The van der Waals surface area contributed by atoms with Crippen LogP contribution in [0.25, 0.3) is 10.9 Å². The van der Waals surface area contributed by atoms with E-state index in [1.54, 1.807) is 0 Å². The molecule has 0 N–H and O–H groups in total. The highest BCUT2D eigenvalue weighted by Crippen LogP contribution is 2.43. The predicted octanol–water partition coefficient (Wildman–Crippen LogP) is 5.38. The molecule has 0 radical (unpaired) electrons. The summed E-state index contributed by atoms with van der Waals surface area (Å²) in [5.41, 5.74) is 1.60. The highest BCUT2D eigenvalue weighted by atomic mass is 35.5. The number of pyridine rings is 1. The number of benzene rings is 2. The monoisotopic (exact) mass is 420 g/mol. The minimum atomic E-state index is -0.416. The molecule has 5 rings (SSSR count). The second-order valence-corrected chi connectivity index (χ2v) is 8.85. The number of carbonyl (C=O) groups is 1. The van der Waals surface area contributed by atoms with Gasteiger partial charge in [0.05, 0.1) is 17.5 Å². The van der Waals surface area contributed by atoms with E-state index in [4.69, 9.17) is 16.3 Å². The van der Waals surface area contributed by atoms with Gasteiger partial charge in [-0.25, -0.2) is 4.98 Å². The molecule has 0 bridgehead atoms. The van der Waals surface area contributed by atoms with Crippen LogP contribution in [0.1, 0.15) is 37.7 Å². The van der Waals surface area contributed by atoms with E-state index in [1.807, 2.05) is 65.6 Å². The quantitative estimate of drug-likeness (QED) is 0.569. The van der Waals surface area contributed by atoms with Crippen LogP contribution < -0.4 is 4.74 Å². The van der Waals surface area contributed by atoms with Crippen LogP contribution in [0.3, 0.4) is 0 Å². The Bertz CT molecular complexity index is 1060. The van der Waals surface area contributed by atoms with Gasteiger partial charge in [0.15, 0.2) is 0 Å². The Labute approximate surface area is 181 Å². The summed E-state index contributed by atoms with van der Waals surface area (Å²) in [7, 11) is 0. The Balaban J connectivity index is 1.31. The van der Waals surface area contributed by atoms with Crippen molar-refractivity contribution in [3.05, 3.63) is 71.2 Å². The fourth-order valence-electron chi connectivity index (χ4n) is 4.97. The van der Waals surface area contributed by atoms with Crippen molar-refractivity contribution in [2.45, 2.75) is 43.6 Å². The third-order valence-corrected chi connectivity index (χ3v) is 6.81. The number of hydrogen-bond donors (Lipinski definition) is 0. The van der Waals surface area contributed by atoms with Gasteiger partial charge in [0, 0.05) is 29.4 Å². The van der Waals surface area contributed by atoms with Crippen molar-refractivity contribution >= 4 is 28.4 Å².